The average molecular weight is 412 g/mol. The summed E-state index contributed by atoms with van der Waals surface area (Å²) in [5.41, 5.74) is 10.3. The third-order valence-electron chi connectivity index (χ3n) is 6.25. The summed E-state index contributed by atoms with van der Waals surface area (Å²) in [6.45, 7) is 12.5. The Morgan fingerprint density at radius 3 is 2.26 bits per heavy atom. The first-order valence-electron chi connectivity index (χ1n) is 11.0. The van der Waals surface area contributed by atoms with Crippen molar-refractivity contribution in [1.82, 2.24) is 20.3 Å². The Kier molecular flexibility index (Phi) is 4.98. The normalized spacial score (nSPS) is 14.4. The summed E-state index contributed by atoms with van der Waals surface area (Å²) in [5, 5.41) is 4.66. The van der Waals surface area contributed by atoms with E-state index in [2.05, 4.69) is 76.5 Å². The van der Waals surface area contributed by atoms with E-state index in [9.17, 15) is 0 Å². The van der Waals surface area contributed by atoms with E-state index in [-0.39, 0.29) is 0 Å². The molecule has 0 bridgehead atoms. The minimum absolute atomic E-state index is 1.01. The van der Waals surface area contributed by atoms with Crippen molar-refractivity contribution in [2.75, 3.05) is 31.1 Å². The molecule has 2 N–H and O–H groups in total. The third kappa shape index (κ3) is 3.70. The van der Waals surface area contributed by atoms with Gasteiger partial charge in [0.1, 0.15) is 5.82 Å². The van der Waals surface area contributed by atoms with E-state index in [0.717, 1.165) is 54.6 Å². The quantitative estimate of drug-likeness (QED) is 0.502. The highest BCUT2D eigenvalue weighted by Crippen LogP contribution is 2.34. The van der Waals surface area contributed by atoms with Crippen molar-refractivity contribution in [2.24, 2.45) is 0 Å². The number of nitrogens with zero attached hydrogens (tertiary/aromatic N) is 3. The molecule has 4 aromatic rings. The first kappa shape index (κ1) is 19.8. The summed E-state index contributed by atoms with van der Waals surface area (Å²) < 4.78 is 0. The average Bonchev–Trinajstić information content (AvgIpc) is 3.09. The van der Waals surface area contributed by atoms with Gasteiger partial charge in [-0.2, -0.15) is 0 Å². The standard InChI is InChI=1S/C26H29N5/c1-16-13-21(14-17(2)28-16)26-18(3)22-6-5-20(15-24(22)30-26)23-7-8-25(29-19(23)4)31-11-9-27-10-12-31/h5-8,13-15,27,30H,9-12H2,1-4H3. The van der Waals surface area contributed by atoms with Crippen molar-refractivity contribution in [3.05, 3.63) is 65.1 Å². The second-order valence-electron chi connectivity index (χ2n) is 8.56. The number of pyridine rings is 2. The van der Waals surface area contributed by atoms with Crippen molar-refractivity contribution >= 4 is 16.7 Å². The number of H-pyrrole nitrogens is 1. The van der Waals surface area contributed by atoms with Crippen LogP contribution in [0.15, 0.2) is 42.5 Å². The molecule has 31 heavy (non-hydrogen) atoms. The summed E-state index contributed by atoms with van der Waals surface area (Å²) >= 11 is 0. The van der Waals surface area contributed by atoms with Crippen LogP contribution in [0.1, 0.15) is 22.6 Å². The summed E-state index contributed by atoms with van der Waals surface area (Å²) in [6.07, 6.45) is 0. The van der Waals surface area contributed by atoms with Gasteiger partial charge in [-0.05, 0) is 69.2 Å². The molecule has 1 saturated heterocycles. The van der Waals surface area contributed by atoms with E-state index in [1.165, 1.54) is 33.3 Å². The molecule has 0 saturated carbocycles. The minimum Gasteiger partial charge on any atom is -0.354 e. The molecular formula is C26H29N5. The first-order chi connectivity index (χ1) is 15.0. The fourth-order valence-corrected chi connectivity index (χ4v) is 4.70. The minimum atomic E-state index is 1.01. The van der Waals surface area contributed by atoms with Crippen LogP contribution in [0.3, 0.4) is 0 Å². The van der Waals surface area contributed by atoms with Gasteiger partial charge in [-0.3, -0.25) is 4.98 Å². The molecule has 5 rings (SSSR count). The summed E-state index contributed by atoms with van der Waals surface area (Å²) in [6, 6.07) is 15.4. The SMILES string of the molecule is Cc1cc(-c2[nH]c3cc(-c4ccc(N5CCNCC5)nc4C)ccc3c2C)cc(C)n1. The fraction of sp³-hybridized carbons (Fsp3) is 0.308. The molecule has 1 aliphatic rings. The number of aromatic nitrogens is 3. The van der Waals surface area contributed by atoms with Gasteiger partial charge in [0.05, 0.1) is 0 Å². The summed E-state index contributed by atoms with van der Waals surface area (Å²) in [5.74, 6) is 1.07. The maximum Gasteiger partial charge on any atom is 0.128 e. The number of aryl methyl sites for hydroxylation is 4. The second kappa shape index (κ2) is 7.82. The molecule has 1 aromatic carbocycles. The third-order valence-corrected chi connectivity index (χ3v) is 6.25. The smallest absolute Gasteiger partial charge is 0.128 e. The number of piperazine rings is 1. The van der Waals surface area contributed by atoms with E-state index in [4.69, 9.17) is 4.98 Å². The van der Waals surface area contributed by atoms with E-state index < -0.39 is 0 Å². The zero-order chi connectivity index (χ0) is 21.5. The van der Waals surface area contributed by atoms with Crippen molar-refractivity contribution in [2.45, 2.75) is 27.7 Å². The number of hydrogen-bond acceptors (Lipinski definition) is 4. The first-order valence-corrected chi connectivity index (χ1v) is 11.0. The second-order valence-corrected chi connectivity index (χ2v) is 8.56. The van der Waals surface area contributed by atoms with Crippen LogP contribution in [0.2, 0.25) is 0 Å². The molecule has 1 aliphatic heterocycles. The van der Waals surface area contributed by atoms with Crippen LogP contribution in [-0.4, -0.2) is 41.1 Å². The molecule has 0 unspecified atom stereocenters. The predicted molar refractivity (Wildman–Crippen MR) is 129 cm³/mol. The maximum absolute atomic E-state index is 4.92. The summed E-state index contributed by atoms with van der Waals surface area (Å²) in [7, 11) is 0. The van der Waals surface area contributed by atoms with E-state index in [1.807, 2.05) is 13.8 Å². The van der Waals surface area contributed by atoms with Crippen molar-refractivity contribution < 1.29 is 0 Å². The zero-order valence-corrected chi connectivity index (χ0v) is 18.7. The molecule has 0 radical (unpaired) electrons. The maximum atomic E-state index is 4.92. The number of nitrogens with one attached hydrogen (secondary N) is 2. The molecule has 158 valence electrons. The van der Waals surface area contributed by atoms with Gasteiger partial charge >= 0.3 is 0 Å². The topological polar surface area (TPSA) is 56.8 Å². The van der Waals surface area contributed by atoms with Crippen molar-refractivity contribution in [1.29, 1.82) is 0 Å². The predicted octanol–water partition coefficient (Wildman–Crippen LogP) is 4.94. The van der Waals surface area contributed by atoms with Gasteiger partial charge in [-0.15, -0.1) is 0 Å². The zero-order valence-electron chi connectivity index (χ0n) is 18.7. The molecule has 0 amide bonds. The van der Waals surface area contributed by atoms with Crippen LogP contribution < -0.4 is 10.2 Å². The number of fused-ring (bicyclic) bond motifs is 1. The summed E-state index contributed by atoms with van der Waals surface area (Å²) in [4.78, 5) is 15.5. The van der Waals surface area contributed by atoms with E-state index in [1.54, 1.807) is 0 Å². The van der Waals surface area contributed by atoms with Crippen molar-refractivity contribution in [3.63, 3.8) is 0 Å². The van der Waals surface area contributed by atoms with Crippen LogP contribution in [0.25, 0.3) is 33.3 Å². The number of anilines is 1. The molecule has 4 heterocycles. The fourth-order valence-electron chi connectivity index (χ4n) is 4.70. The van der Waals surface area contributed by atoms with Gasteiger partial charge in [-0.1, -0.05) is 12.1 Å². The molecule has 0 spiro atoms. The molecule has 5 nitrogen and oxygen atoms in total. The largest absolute Gasteiger partial charge is 0.354 e. The Bertz CT molecular complexity index is 1240. The Labute approximate surface area is 183 Å². The van der Waals surface area contributed by atoms with Gasteiger partial charge < -0.3 is 15.2 Å². The van der Waals surface area contributed by atoms with Crippen molar-refractivity contribution in [3.8, 4) is 22.4 Å². The highest BCUT2D eigenvalue weighted by atomic mass is 15.2. The lowest BCUT2D eigenvalue weighted by Crippen LogP contribution is -2.43. The van der Waals surface area contributed by atoms with E-state index >= 15 is 0 Å². The molecule has 0 atom stereocenters. The highest BCUT2D eigenvalue weighted by molar-refractivity contribution is 5.93. The van der Waals surface area contributed by atoms with Gasteiger partial charge in [0, 0.05) is 71.0 Å². The Hall–Kier alpha value is -3.18. The highest BCUT2D eigenvalue weighted by Gasteiger charge is 2.15. The lowest BCUT2D eigenvalue weighted by Gasteiger charge is -2.28. The lowest BCUT2D eigenvalue weighted by molar-refractivity contribution is 0.584. The monoisotopic (exact) mass is 411 g/mol. The van der Waals surface area contributed by atoms with Crippen LogP contribution in [0, 0.1) is 27.7 Å². The number of aromatic amines is 1. The van der Waals surface area contributed by atoms with Gasteiger partial charge in [0.25, 0.3) is 0 Å². The Balaban J connectivity index is 1.53. The molecular weight excluding hydrogens is 382 g/mol. The number of benzene rings is 1. The van der Waals surface area contributed by atoms with Gasteiger partial charge in [0.15, 0.2) is 0 Å². The van der Waals surface area contributed by atoms with Crippen LogP contribution in [0.5, 0.6) is 0 Å². The van der Waals surface area contributed by atoms with Crippen LogP contribution in [-0.2, 0) is 0 Å². The van der Waals surface area contributed by atoms with Crippen LogP contribution >= 0.6 is 0 Å². The Morgan fingerprint density at radius 2 is 1.55 bits per heavy atom. The Morgan fingerprint density at radius 1 is 0.806 bits per heavy atom. The molecule has 3 aromatic heterocycles. The molecule has 5 heteroatoms. The molecule has 1 fully saturated rings. The number of rotatable bonds is 3. The number of hydrogen-bond donors (Lipinski definition) is 2. The van der Waals surface area contributed by atoms with Gasteiger partial charge in [0.2, 0.25) is 0 Å². The lowest BCUT2D eigenvalue weighted by atomic mass is 10.0. The van der Waals surface area contributed by atoms with E-state index in [0.29, 0.717) is 0 Å². The molecule has 0 aliphatic carbocycles. The van der Waals surface area contributed by atoms with Crippen LogP contribution in [0.4, 0.5) is 5.82 Å². The van der Waals surface area contributed by atoms with Gasteiger partial charge in [-0.25, -0.2) is 4.98 Å².